The fourth-order valence-corrected chi connectivity index (χ4v) is 16.3. The zero-order valence-electron chi connectivity index (χ0n) is 44.2. The molecular formula is C42H53N19O20P4S4. The predicted octanol–water partition coefficient (Wildman–Crippen LogP) is -0.742. The second-order valence-electron chi connectivity index (χ2n) is 20.0. The van der Waals surface area contributed by atoms with Gasteiger partial charge in [-0.2, -0.15) is 0 Å². The number of fused-ring (bicyclic) bond motifs is 10. The average molecular weight is 1400 g/mol. The Morgan fingerprint density at radius 2 is 0.798 bits per heavy atom. The minimum absolute atomic E-state index is 0. The van der Waals surface area contributed by atoms with Gasteiger partial charge in [0, 0.05) is 6.20 Å². The smallest absolute Gasteiger partial charge is 0.386 e. The number of nitrogen functional groups attached to an aromatic ring is 4. The Labute approximate surface area is 519 Å². The molecule has 4 bridgehead atoms. The van der Waals surface area contributed by atoms with Crippen LogP contribution in [0.15, 0.2) is 56.6 Å². The standard InChI is InChI=1S/C21H25N9O10P2S2.C20H24N10O10P2S2.CH4/c22-16-8-1-2-29(18(8)26-5-24-16)20-13(32)14-10(38-20)4-36-42(34,44)40-15-12(31)9(3-35-41(33,43)39-14)37-21(15)30-7-28-11-17(23)25-6-27-19(11)30;21-15-9-17(25-3-23-15)29(5-27-9)19-12(32)13-8(38-19)2-36-42(34,44)40-14-11(31)7(1-35-41(33,43)39-13)37-20(14)30-6-28-10-16(22)24-4-26-18(10)30;/h1-2,5-7,9-10,12-15,20-21,31-32H,3-4H2,(H,33,43)(H,34,44)(H2,22,24,26)(H2,23,25,27);3-8,11-14,19-20,31-32H,1-2H2,(H,33,43)(H,34,44)(H2,21,23,25)(H2,22,24,26);1H4/t9-,10-,12-,13-,14-,15-,20-,21-,41?,42?;7-,8-,11-,12-,13-,14-,19-,20-,41?,42?;/m11./s1. The number of aromatic nitrogens is 15. The summed E-state index contributed by atoms with van der Waals surface area (Å²) in [7, 11) is 0. The summed E-state index contributed by atoms with van der Waals surface area (Å²) in [5.74, 6) is 0.530. The molecule has 0 saturated carbocycles. The Hall–Kier alpha value is -4.76. The van der Waals surface area contributed by atoms with Gasteiger partial charge in [0.2, 0.25) is 0 Å². The maximum absolute atomic E-state index is 13.4. The normalized spacial score (nSPS) is 37.8. The number of hydrogen-bond donors (Lipinski definition) is 12. The number of nitrogens with zero attached hydrogens (tertiary/aromatic N) is 15. The summed E-state index contributed by atoms with van der Waals surface area (Å²) in [6, 6.07) is 1.64. The SMILES string of the molecule is C.Nc1ncnc2c1ccn2[C@@H]1O[C@@H]2COP(O)(=S)O[C@@H]3[C@H](O)[C@@H](COP(=O)(S)O[C@H]2[C@H]1O)O[C@H]3n1cnc2c(N)ncnc21.Nc1ncnc2c1ncn2[C@@H]1O[C@@H]2COP(O)(=S)O[C@@H]3[C@H](O)[C@@H](COP(O)(=S)O[C@H]2[C@H]1O)O[C@H]3n1cnc2c(N)ncnc21. The molecule has 20 atom stereocenters. The third-order valence-corrected chi connectivity index (χ3v) is 21.0. The van der Waals surface area contributed by atoms with E-state index in [4.69, 9.17) is 113 Å². The van der Waals surface area contributed by atoms with Crippen LogP contribution in [0.1, 0.15) is 32.3 Å². The van der Waals surface area contributed by atoms with Crippen LogP contribution >= 0.6 is 39.2 Å². The van der Waals surface area contributed by atoms with E-state index in [-0.39, 0.29) is 64.2 Å². The molecule has 6 fully saturated rings. The van der Waals surface area contributed by atoms with Gasteiger partial charge >= 0.3 is 27.0 Å². The van der Waals surface area contributed by atoms with E-state index in [0.29, 0.717) is 11.0 Å². The lowest BCUT2D eigenvalue weighted by Crippen LogP contribution is -2.36. The van der Waals surface area contributed by atoms with Crippen molar-refractivity contribution >= 4 is 142 Å². The molecule has 4 unspecified atom stereocenters. The highest BCUT2D eigenvalue weighted by molar-refractivity contribution is 8.44. The van der Waals surface area contributed by atoms with Crippen LogP contribution in [0, 0.1) is 0 Å². The summed E-state index contributed by atoms with van der Waals surface area (Å²) in [6.45, 7) is -18.7. The first kappa shape index (κ1) is 64.3. The van der Waals surface area contributed by atoms with Crippen LogP contribution in [-0.2, 0) is 95.1 Å². The van der Waals surface area contributed by atoms with Crippen LogP contribution < -0.4 is 22.9 Å². The highest BCUT2D eigenvalue weighted by Gasteiger charge is 2.55. The van der Waals surface area contributed by atoms with E-state index in [0.717, 1.165) is 0 Å². The van der Waals surface area contributed by atoms with Gasteiger partial charge < -0.3 is 95.1 Å². The van der Waals surface area contributed by atoms with Crippen molar-refractivity contribution in [1.82, 2.24) is 73.1 Å². The Bertz CT molecular complexity index is 3920. The van der Waals surface area contributed by atoms with Gasteiger partial charge in [-0.1, -0.05) is 19.7 Å². The lowest BCUT2D eigenvalue weighted by Gasteiger charge is -2.28. The van der Waals surface area contributed by atoms with Gasteiger partial charge in [0.05, 0.1) is 50.8 Å². The van der Waals surface area contributed by atoms with E-state index in [1.807, 2.05) is 0 Å². The predicted molar refractivity (Wildman–Crippen MR) is 317 cm³/mol. The molecule has 0 spiro atoms. The maximum Gasteiger partial charge on any atom is 0.386 e. The minimum Gasteiger partial charge on any atom is -0.387 e. The van der Waals surface area contributed by atoms with E-state index in [1.54, 1.807) is 12.3 Å². The number of thiol groups is 1. The van der Waals surface area contributed by atoms with Crippen molar-refractivity contribution in [3.05, 3.63) is 56.6 Å². The molecule has 15 N–H and O–H groups in total. The molecule has 0 amide bonds. The highest BCUT2D eigenvalue weighted by Crippen LogP contribution is 2.59. The second-order valence-corrected chi connectivity index (χ2v) is 31.3. The maximum atomic E-state index is 13.4. The summed E-state index contributed by atoms with van der Waals surface area (Å²) >= 11 is 19.9. The summed E-state index contributed by atoms with van der Waals surface area (Å²) in [6.07, 6.45) is -10.1. The molecule has 0 aromatic carbocycles. The quantitative estimate of drug-likeness (QED) is 0.0762. The molecule has 8 aromatic heterocycles. The molecule has 89 heavy (non-hydrogen) atoms. The third kappa shape index (κ3) is 12.3. The minimum atomic E-state index is -4.26. The topological polar surface area (TPSA) is 535 Å². The molecule has 39 nitrogen and oxygen atoms in total. The number of aliphatic hydroxyl groups is 4. The summed E-state index contributed by atoms with van der Waals surface area (Å²) < 4.78 is 88.5. The Kier molecular flexibility index (Phi) is 17.8. The zero-order valence-corrected chi connectivity index (χ0v) is 51.1. The Balaban J connectivity index is 0.000000171. The van der Waals surface area contributed by atoms with Gasteiger partial charge in [-0.05, 0) is 41.5 Å². The molecule has 14 heterocycles. The lowest BCUT2D eigenvalue weighted by molar-refractivity contribution is -0.0606. The van der Waals surface area contributed by atoms with Gasteiger partial charge in [-0.15, -0.1) is 0 Å². The third-order valence-electron chi connectivity index (χ3n) is 14.7. The molecule has 0 radical (unpaired) electrons. The van der Waals surface area contributed by atoms with Crippen molar-refractivity contribution in [3.63, 3.8) is 0 Å². The fourth-order valence-electron chi connectivity index (χ4n) is 10.6. The number of rotatable bonds is 4. The van der Waals surface area contributed by atoms with Crippen molar-refractivity contribution < 1.29 is 94.8 Å². The van der Waals surface area contributed by atoms with Crippen LogP contribution in [0.5, 0.6) is 0 Å². The molecule has 14 rings (SSSR count). The highest BCUT2D eigenvalue weighted by atomic mass is 32.7. The molecule has 6 aliphatic heterocycles. The van der Waals surface area contributed by atoms with E-state index in [9.17, 15) is 39.7 Å². The lowest BCUT2D eigenvalue weighted by atomic mass is 10.1. The first-order valence-corrected chi connectivity index (χ1v) is 36.1. The second kappa shape index (κ2) is 24.6. The van der Waals surface area contributed by atoms with Gasteiger partial charge in [0.1, 0.15) is 127 Å². The first-order valence-electron chi connectivity index (χ1n) is 25.7. The van der Waals surface area contributed by atoms with Crippen LogP contribution in [0.2, 0.25) is 0 Å². The molecule has 47 heteroatoms. The van der Waals surface area contributed by atoms with Gasteiger partial charge in [-0.3, -0.25) is 36.3 Å². The number of aliphatic hydroxyl groups excluding tert-OH is 4. The molecular weight excluding hydrogens is 1340 g/mol. The Morgan fingerprint density at radius 1 is 0.449 bits per heavy atom. The molecule has 6 saturated heterocycles. The van der Waals surface area contributed by atoms with Crippen molar-refractivity contribution in [3.8, 4) is 0 Å². The molecule has 8 aromatic rings. The van der Waals surface area contributed by atoms with Gasteiger partial charge in [-0.25, -0.2) is 59.4 Å². The van der Waals surface area contributed by atoms with E-state index >= 15 is 0 Å². The largest absolute Gasteiger partial charge is 0.387 e. The van der Waals surface area contributed by atoms with Crippen LogP contribution in [0.3, 0.4) is 0 Å². The van der Waals surface area contributed by atoms with Crippen molar-refractivity contribution in [1.29, 1.82) is 0 Å². The molecule has 0 aliphatic carbocycles. The number of ether oxygens (including phenoxy) is 4. The number of imidazole rings is 3. The van der Waals surface area contributed by atoms with Crippen LogP contribution in [-0.4, -0.2) is 208 Å². The number of anilines is 4. The monoisotopic (exact) mass is 1400 g/mol. The fraction of sp³-hybridized carbons (Fsp3) is 0.500. The Morgan fingerprint density at radius 3 is 1.25 bits per heavy atom. The van der Waals surface area contributed by atoms with Gasteiger partial charge in [0.25, 0.3) is 0 Å². The molecule has 6 aliphatic rings. The molecule has 480 valence electrons. The average Bonchev–Trinajstić information content (AvgIpc) is 1.94. The summed E-state index contributed by atoms with van der Waals surface area (Å²) in [5.41, 5.74) is 25.5. The van der Waals surface area contributed by atoms with Crippen molar-refractivity contribution in [2.24, 2.45) is 0 Å². The van der Waals surface area contributed by atoms with E-state index in [2.05, 4.69) is 67.1 Å². The van der Waals surface area contributed by atoms with Crippen LogP contribution in [0.25, 0.3) is 44.5 Å². The summed E-state index contributed by atoms with van der Waals surface area (Å²) in [5, 5.41) is 45.4. The number of nitrogens with two attached hydrogens (primary N) is 4. The first-order chi connectivity index (χ1) is 41.8. The summed E-state index contributed by atoms with van der Waals surface area (Å²) in [4.78, 5) is 78.2. The number of hydrogen-bond acceptors (Lipinski definition) is 35. The van der Waals surface area contributed by atoms with E-state index in [1.165, 1.54) is 62.6 Å². The van der Waals surface area contributed by atoms with Gasteiger partial charge in [0.15, 0.2) is 59.3 Å². The van der Waals surface area contributed by atoms with Crippen molar-refractivity contribution in [2.75, 3.05) is 49.4 Å². The van der Waals surface area contributed by atoms with E-state index < -0.39 is 152 Å². The van der Waals surface area contributed by atoms with Crippen molar-refractivity contribution in [2.45, 2.75) is 106 Å². The zero-order chi connectivity index (χ0) is 61.9. The van der Waals surface area contributed by atoms with Crippen LogP contribution in [0.4, 0.5) is 23.3 Å².